The summed E-state index contributed by atoms with van der Waals surface area (Å²) >= 11 is 0. The van der Waals surface area contributed by atoms with Crippen molar-refractivity contribution in [2.24, 2.45) is 0 Å². The highest BCUT2D eigenvalue weighted by atomic mass is 15.1. The lowest BCUT2D eigenvalue weighted by Gasteiger charge is -2.27. The van der Waals surface area contributed by atoms with E-state index in [1.54, 1.807) is 0 Å². The number of hydrogen-bond donors (Lipinski definition) is 0. The lowest BCUT2D eigenvalue weighted by atomic mass is 9.93. The molecule has 11 aromatic carbocycles. The van der Waals surface area contributed by atoms with Crippen LogP contribution in [0.5, 0.6) is 0 Å². The lowest BCUT2D eigenvalue weighted by molar-refractivity contribution is 0.970. The number of para-hydroxylation sites is 7. The monoisotopic (exact) mass is 894 g/mol. The molecule has 1 aliphatic carbocycles. The number of rotatable bonds is 8. The van der Waals surface area contributed by atoms with E-state index in [9.17, 15) is 0 Å². The average molecular weight is 895 g/mol. The highest BCUT2D eigenvalue weighted by Gasteiger charge is 2.25. The number of aryl methyl sites for hydroxylation is 1. The van der Waals surface area contributed by atoms with Crippen molar-refractivity contribution in [1.29, 1.82) is 0 Å². The Kier molecular flexibility index (Phi) is 9.31. The summed E-state index contributed by atoms with van der Waals surface area (Å²) in [7, 11) is 0. The van der Waals surface area contributed by atoms with E-state index < -0.39 is 0 Å². The highest BCUT2D eigenvalue weighted by Crippen LogP contribution is 2.47. The van der Waals surface area contributed by atoms with Crippen molar-refractivity contribution in [3.8, 4) is 11.4 Å². The van der Waals surface area contributed by atoms with Gasteiger partial charge in [0.2, 0.25) is 0 Å². The first-order chi connectivity index (χ1) is 34.8. The predicted octanol–water partition coefficient (Wildman–Crippen LogP) is 18.1. The molecule has 0 fully saturated rings. The summed E-state index contributed by atoms with van der Waals surface area (Å²) in [5, 5.41) is 10.9. The zero-order chi connectivity index (χ0) is 46.1. The molecule has 70 heavy (non-hydrogen) atoms. The van der Waals surface area contributed by atoms with Gasteiger partial charge in [-0.05, 0) is 149 Å². The zero-order valence-corrected chi connectivity index (χ0v) is 38.5. The van der Waals surface area contributed by atoms with Crippen molar-refractivity contribution < 1.29 is 0 Å². The van der Waals surface area contributed by atoms with E-state index in [1.807, 2.05) is 0 Å². The maximum Gasteiger partial charge on any atom is 0.0547 e. The first kappa shape index (κ1) is 40.0. The smallest absolute Gasteiger partial charge is 0.0547 e. The summed E-state index contributed by atoms with van der Waals surface area (Å²) in [5.74, 6) is 0. The maximum absolute atomic E-state index is 2.55. The van der Waals surface area contributed by atoms with Gasteiger partial charge in [0, 0.05) is 66.7 Å². The van der Waals surface area contributed by atoms with Gasteiger partial charge >= 0.3 is 0 Å². The van der Waals surface area contributed by atoms with Crippen LogP contribution in [0.1, 0.15) is 17.7 Å². The molecule has 1 aliphatic rings. The van der Waals surface area contributed by atoms with Crippen LogP contribution in [0, 0.1) is 0 Å². The third kappa shape index (κ3) is 6.30. The van der Waals surface area contributed by atoms with Gasteiger partial charge < -0.3 is 18.9 Å². The molecule has 330 valence electrons. The summed E-state index contributed by atoms with van der Waals surface area (Å²) < 4.78 is 5.05. The fraction of sp³-hybridized carbons (Fsp3) is 0.0303. The van der Waals surface area contributed by atoms with Crippen molar-refractivity contribution in [2.45, 2.75) is 12.8 Å². The highest BCUT2D eigenvalue weighted by molar-refractivity contribution is 6.24. The van der Waals surface area contributed by atoms with E-state index in [0.29, 0.717) is 0 Å². The molecule has 0 aliphatic heterocycles. The third-order valence-electron chi connectivity index (χ3n) is 14.5. The van der Waals surface area contributed by atoms with Crippen LogP contribution in [-0.2, 0) is 6.42 Å². The van der Waals surface area contributed by atoms with Crippen LogP contribution in [0.4, 0.5) is 34.1 Å². The van der Waals surface area contributed by atoms with E-state index in [2.05, 4.69) is 274 Å². The van der Waals surface area contributed by atoms with Gasteiger partial charge in [-0.25, -0.2) is 0 Å². The summed E-state index contributed by atoms with van der Waals surface area (Å²) in [6, 6.07) is 89.0. The van der Waals surface area contributed by atoms with Crippen LogP contribution in [0.2, 0.25) is 0 Å². The van der Waals surface area contributed by atoms with Gasteiger partial charge in [0.25, 0.3) is 0 Å². The molecule has 0 atom stereocenters. The van der Waals surface area contributed by atoms with Crippen molar-refractivity contribution in [3.05, 3.63) is 260 Å². The fourth-order valence-electron chi connectivity index (χ4n) is 11.5. The van der Waals surface area contributed by atoms with Gasteiger partial charge in [0.15, 0.2) is 0 Å². The molecule has 0 radical (unpaired) electrons. The maximum atomic E-state index is 2.55. The van der Waals surface area contributed by atoms with Crippen LogP contribution in [0.15, 0.2) is 249 Å². The second kappa shape index (κ2) is 16.3. The number of aromatic nitrogens is 2. The molecule has 0 amide bonds. The van der Waals surface area contributed by atoms with Crippen molar-refractivity contribution in [1.82, 2.24) is 9.13 Å². The number of anilines is 6. The molecule has 2 heterocycles. The Bertz CT molecular complexity index is 4040. The largest absolute Gasteiger partial charge is 0.310 e. The minimum Gasteiger partial charge on any atom is -0.310 e. The van der Waals surface area contributed by atoms with Crippen molar-refractivity contribution >= 4 is 105 Å². The molecule has 2 aromatic heterocycles. The molecular formula is C66H46N4. The third-order valence-corrected chi connectivity index (χ3v) is 14.5. The minimum atomic E-state index is 1.02. The number of fused-ring (bicyclic) bond motifs is 11. The Morgan fingerprint density at radius 2 is 0.657 bits per heavy atom. The van der Waals surface area contributed by atoms with Crippen LogP contribution < -0.4 is 9.80 Å². The van der Waals surface area contributed by atoms with Crippen molar-refractivity contribution in [2.75, 3.05) is 9.80 Å². The molecular weight excluding hydrogens is 849 g/mol. The molecule has 0 N–H and O–H groups in total. The van der Waals surface area contributed by atoms with Gasteiger partial charge in [0.1, 0.15) is 0 Å². The van der Waals surface area contributed by atoms with E-state index in [4.69, 9.17) is 0 Å². The second-order valence-corrected chi connectivity index (χ2v) is 18.4. The number of benzene rings is 11. The molecule has 14 rings (SSSR count). The van der Waals surface area contributed by atoms with E-state index in [1.165, 1.54) is 82.0 Å². The summed E-state index contributed by atoms with van der Waals surface area (Å²) in [6.45, 7) is 0. The van der Waals surface area contributed by atoms with E-state index >= 15 is 0 Å². The van der Waals surface area contributed by atoms with Gasteiger partial charge in [0.05, 0.1) is 27.9 Å². The molecule has 0 bridgehead atoms. The molecule has 4 nitrogen and oxygen atoms in total. The fourth-order valence-corrected chi connectivity index (χ4v) is 11.5. The Balaban J connectivity index is 1.16. The lowest BCUT2D eigenvalue weighted by Crippen LogP contribution is -2.10. The first-order valence-electron chi connectivity index (χ1n) is 24.3. The molecule has 13 aromatic rings. The topological polar surface area (TPSA) is 16.3 Å². The van der Waals surface area contributed by atoms with Crippen LogP contribution in [0.25, 0.3) is 82.5 Å². The normalized spacial score (nSPS) is 12.4. The Hall–Kier alpha value is -9.12. The summed E-state index contributed by atoms with van der Waals surface area (Å²) in [6.07, 6.45) is 6.75. The quantitative estimate of drug-likeness (QED) is 0.141. The standard InChI is InChI=1S/C66H46N4/c1-5-21-45(22-6-1)67(46-23-7-2-8-24-46)49-37-39-55-57(41-49)59-43-66(70-63-35-19-15-31-53(63)54-32-16-20-36-64(54)70)56-40-38-50(68(47-25-9-3-10-26-47)48-27-11-4-12-28-48)42-58(56)60(59)44-65(55)69-61-33-17-13-29-51(61)52-30-14-18-34-62(52)69/h1-15,17-31,33-44H,16,32H2. The zero-order valence-electron chi connectivity index (χ0n) is 38.5. The average Bonchev–Trinajstić information content (AvgIpc) is 3.95. The Morgan fingerprint density at radius 3 is 1.11 bits per heavy atom. The van der Waals surface area contributed by atoms with Crippen LogP contribution in [-0.4, -0.2) is 9.13 Å². The van der Waals surface area contributed by atoms with Gasteiger partial charge in [-0.3, -0.25) is 0 Å². The van der Waals surface area contributed by atoms with E-state index in [-0.39, 0.29) is 0 Å². The van der Waals surface area contributed by atoms with Gasteiger partial charge in [-0.2, -0.15) is 0 Å². The molecule has 0 unspecified atom stereocenters. The summed E-state index contributed by atoms with van der Waals surface area (Å²) in [5.41, 5.74) is 15.2. The second-order valence-electron chi connectivity index (χ2n) is 18.4. The Morgan fingerprint density at radius 1 is 0.286 bits per heavy atom. The molecule has 0 saturated carbocycles. The number of hydrogen-bond acceptors (Lipinski definition) is 2. The summed E-state index contributed by atoms with van der Waals surface area (Å²) in [4.78, 5) is 4.77. The Labute approximate surface area is 406 Å². The number of nitrogens with zero attached hydrogens (tertiary/aromatic N) is 4. The first-order valence-corrected chi connectivity index (χ1v) is 24.3. The minimum absolute atomic E-state index is 1.02. The van der Waals surface area contributed by atoms with Gasteiger partial charge in [-0.15, -0.1) is 0 Å². The predicted molar refractivity (Wildman–Crippen MR) is 297 cm³/mol. The van der Waals surface area contributed by atoms with Crippen LogP contribution >= 0.6 is 0 Å². The van der Waals surface area contributed by atoms with Gasteiger partial charge in [-0.1, -0.05) is 146 Å². The van der Waals surface area contributed by atoms with Crippen LogP contribution in [0.3, 0.4) is 0 Å². The molecule has 0 spiro atoms. The molecule has 4 heteroatoms. The van der Waals surface area contributed by atoms with Crippen molar-refractivity contribution in [3.63, 3.8) is 0 Å². The molecule has 0 saturated heterocycles. The number of allylic oxidation sites excluding steroid dienone is 1. The van der Waals surface area contributed by atoms with E-state index in [0.717, 1.165) is 52.7 Å². The SMILES string of the molecule is C1=Cc2c(c3ccccc3n2-c2cc3c4cc(N(c5ccccc5)c5ccccc5)ccc4c(-n4c5ccccc5c5ccccc54)cc3c3cc(N(c4ccccc4)c4ccccc4)ccc23)CC1.